The van der Waals surface area contributed by atoms with Crippen molar-refractivity contribution >= 4 is 34.1 Å². The van der Waals surface area contributed by atoms with Gasteiger partial charge in [-0.25, -0.2) is 4.98 Å². The summed E-state index contributed by atoms with van der Waals surface area (Å²) in [6.45, 7) is 3.34. The van der Waals surface area contributed by atoms with Gasteiger partial charge in [0, 0.05) is 18.2 Å². The van der Waals surface area contributed by atoms with Gasteiger partial charge in [0.1, 0.15) is 5.76 Å². The molecule has 4 heterocycles. The lowest BCUT2D eigenvalue weighted by atomic mass is 10.2. The van der Waals surface area contributed by atoms with Crippen LogP contribution in [0.1, 0.15) is 18.6 Å². The summed E-state index contributed by atoms with van der Waals surface area (Å²) in [7, 11) is 0. The second-order valence-electron chi connectivity index (χ2n) is 6.12. The highest BCUT2D eigenvalue weighted by Gasteiger charge is 2.23. The van der Waals surface area contributed by atoms with Crippen LogP contribution >= 0.6 is 23.1 Å². The van der Waals surface area contributed by atoms with Gasteiger partial charge in [0.15, 0.2) is 16.1 Å². The molecule has 1 N–H and O–H groups in total. The summed E-state index contributed by atoms with van der Waals surface area (Å²) < 4.78 is 13.2. The van der Waals surface area contributed by atoms with Gasteiger partial charge in [0.25, 0.3) is 0 Å². The van der Waals surface area contributed by atoms with Gasteiger partial charge in [0.2, 0.25) is 5.91 Å². The fourth-order valence-corrected chi connectivity index (χ4v) is 4.23. The summed E-state index contributed by atoms with van der Waals surface area (Å²) in [4.78, 5) is 16.2. The highest BCUT2D eigenvalue weighted by molar-refractivity contribution is 7.99. The smallest absolute Gasteiger partial charge is 0.236 e. The minimum absolute atomic E-state index is 0.123. The van der Waals surface area contributed by atoms with Gasteiger partial charge < -0.3 is 14.5 Å². The van der Waals surface area contributed by atoms with Crippen LogP contribution in [0.4, 0.5) is 5.13 Å². The molecule has 3 aromatic rings. The van der Waals surface area contributed by atoms with Crippen molar-refractivity contribution in [2.24, 2.45) is 0 Å². The van der Waals surface area contributed by atoms with Gasteiger partial charge in [-0.15, -0.1) is 21.5 Å². The van der Waals surface area contributed by atoms with Crippen molar-refractivity contribution in [1.29, 1.82) is 0 Å². The lowest BCUT2D eigenvalue weighted by Gasteiger charge is -2.14. The van der Waals surface area contributed by atoms with E-state index in [1.807, 2.05) is 22.9 Å². The van der Waals surface area contributed by atoms with E-state index in [9.17, 15) is 4.79 Å². The number of amides is 1. The quantitative estimate of drug-likeness (QED) is 0.603. The van der Waals surface area contributed by atoms with Crippen LogP contribution in [0.3, 0.4) is 0 Å². The van der Waals surface area contributed by atoms with E-state index in [4.69, 9.17) is 9.15 Å². The molecule has 8 nitrogen and oxygen atoms in total. The van der Waals surface area contributed by atoms with Gasteiger partial charge in [-0.2, -0.15) is 0 Å². The molecule has 0 bridgehead atoms. The number of aryl methyl sites for hydroxylation is 1. The molecule has 0 spiro atoms. The minimum Gasteiger partial charge on any atom is -0.469 e. The Morgan fingerprint density at radius 2 is 2.41 bits per heavy atom. The summed E-state index contributed by atoms with van der Waals surface area (Å²) >= 11 is 2.74. The normalized spacial score (nSPS) is 16.7. The number of nitrogens with zero attached hydrogens (tertiary/aromatic N) is 4. The highest BCUT2D eigenvalue weighted by atomic mass is 32.2. The molecule has 142 valence electrons. The monoisotopic (exact) mass is 405 g/mol. The van der Waals surface area contributed by atoms with E-state index in [2.05, 4.69) is 20.5 Å². The van der Waals surface area contributed by atoms with Crippen molar-refractivity contribution in [3.05, 3.63) is 29.7 Å². The lowest BCUT2D eigenvalue weighted by Crippen LogP contribution is -2.18. The Morgan fingerprint density at radius 3 is 3.11 bits per heavy atom. The molecule has 0 radical (unpaired) electrons. The topological polar surface area (TPSA) is 95.1 Å². The number of thioether (sulfide) groups is 1. The third-order valence-corrected chi connectivity index (χ3v) is 5.89. The first-order valence-electron chi connectivity index (χ1n) is 8.62. The Balaban J connectivity index is 1.51. The third-order valence-electron chi connectivity index (χ3n) is 4.24. The Hall–Kier alpha value is -2.17. The molecule has 0 unspecified atom stereocenters. The number of rotatable bonds is 7. The summed E-state index contributed by atoms with van der Waals surface area (Å²) in [5.41, 5.74) is 0.902. The van der Waals surface area contributed by atoms with E-state index >= 15 is 0 Å². The fourth-order valence-electron chi connectivity index (χ4n) is 2.94. The zero-order valence-electron chi connectivity index (χ0n) is 14.8. The number of thiazole rings is 1. The summed E-state index contributed by atoms with van der Waals surface area (Å²) in [5.74, 6) is 1.63. The average Bonchev–Trinajstić information content (AvgIpc) is 3.42. The molecule has 1 atom stereocenters. The van der Waals surface area contributed by atoms with Crippen molar-refractivity contribution < 1.29 is 13.9 Å². The van der Waals surface area contributed by atoms with Gasteiger partial charge in [-0.05, 0) is 25.8 Å². The van der Waals surface area contributed by atoms with Crippen molar-refractivity contribution in [1.82, 2.24) is 19.7 Å². The van der Waals surface area contributed by atoms with Crippen molar-refractivity contribution in [3.63, 3.8) is 0 Å². The van der Waals surface area contributed by atoms with E-state index in [1.165, 1.54) is 23.1 Å². The molecule has 0 aliphatic carbocycles. The van der Waals surface area contributed by atoms with E-state index in [1.54, 1.807) is 12.5 Å². The fraction of sp³-hybridized carbons (Fsp3) is 0.412. The third kappa shape index (κ3) is 4.23. The second kappa shape index (κ2) is 8.24. The van der Waals surface area contributed by atoms with Crippen LogP contribution in [0.15, 0.2) is 33.5 Å². The number of carbonyl (C=O) groups is 1. The molecule has 0 aromatic carbocycles. The standard InChI is InChI=1S/C17H19N5O3S2/c1-11-13(4-7-24-11)15-20-21-17(22(15)9-12-3-2-6-25-12)27-10-14(23)19-16-18-5-8-26-16/h4-5,7-8,12H,2-3,6,9-10H2,1H3,(H,18,19,23)/t12-/m1/s1. The van der Waals surface area contributed by atoms with Crippen LogP contribution in [0.25, 0.3) is 11.4 Å². The number of anilines is 1. The van der Waals surface area contributed by atoms with E-state index in [0.717, 1.165) is 36.6 Å². The van der Waals surface area contributed by atoms with E-state index < -0.39 is 0 Å². The van der Waals surface area contributed by atoms with Crippen LogP contribution in [0, 0.1) is 6.92 Å². The average molecular weight is 406 g/mol. The molecule has 0 saturated carbocycles. The first kappa shape index (κ1) is 18.2. The molecule has 1 fully saturated rings. The number of hydrogen-bond acceptors (Lipinski definition) is 8. The maximum Gasteiger partial charge on any atom is 0.236 e. The van der Waals surface area contributed by atoms with Gasteiger partial charge in [0.05, 0.1) is 30.2 Å². The zero-order valence-corrected chi connectivity index (χ0v) is 16.4. The molecular formula is C17H19N5O3S2. The predicted molar refractivity (Wildman–Crippen MR) is 103 cm³/mol. The van der Waals surface area contributed by atoms with E-state index in [-0.39, 0.29) is 17.8 Å². The lowest BCUT2D eigenvalue weighted by molar-refractivity contribution is -0.113. The second-order valence-corrected chi connectivity index (χ2v) is 7.95. The zero-order chi connectivity index (χ0) is 18.6. The first-order valence-corrected chi connectivity index (χ1v) is 10.5. The Bertz CT molecular complexity index is 900. The van der Waals surface area contributed by atoms with Crippen LogP contribution in [-0.4, -0.2) is 44.1 Å². The maximum absolute atomic E-state index is 12.2. The summed E-state index contributed by atoms with van der Waals surface area (Å²) in [6.07, 6.45) is 5.51. The SMILES string of the molecule is Cc1occc1-c1nnc(SCC(=O)Nc2nccs2)n1C[C@H]1CCCO1. The van der Waals surface area contributed by atoms with Crippen molar-refractivity contribution in [2.45, 2.75) is 37.6 Å². The molecule has 1 amide bonds. The molecule has 1 saturated heterocycles. The Labute approximate surface area is 164 Å². The Morgan fingerprint density at radius 1 is 1.48 bits per heavy atom. The van der Waals surface area contributed by atoms with Gasteiger partial charge in [-0.3, -0.25) is 9.36 Å². The largest absolute Gasteiger partial charge is 0.469 e. The van der Waals surface area contributed by atoms with Crippen molar-refractivity contribution in [2.75, 3.05) is 17.7 Å². The molecule has 27 heavy (non-hydrogen) atoms. The molecule has 10 heteroatoms. The van der Waals surface area contributed by atoms with Crippen LogP contribution in [0.2, 0.25) is 0 Å². The number of furan rings is 1. The van der Waals surface area contributed by atoms with Crippen LogP contribution < -0.4 is 5.32 Å². The number of ether oxygens (including phenoxy) is 1. The number of aromatic nitrogens is 4. The summed E-state index contributed by atoms with van der Waals surface area (Å²) in [5, 5.41) is 14.5. The first-order chi connectivity index (χ1) is 13.2. The number of hydrogen-bond donors (Lipinski definition) is 1. The molecular weight excluding hydrogens is 386 g/mol. The molecule has 3 aromatic heterocycles. The predicted octanol–water partition coefficient (Wildman–Crippen LogP) is 3.21. The van der Waals surface area contributed by atoms with Crippen LogP contribution in [0.5, 0.6) is 0 Å². The number of carbonyl (C=O) groups excluding carboxylic acids is 1. The van der Waals surface area contributed by atoms with Crippen molar-refractivity contribution in [3.8, 4) is 11.4 Å². The summed E-state index contributed by atoms with van der Waals surface area (Å²) in [6, 6.07) is 1.88. The number of nitrogens with one attached hydrogen (secondary N) is 1. The van der Waals surface area contributed by atoms with Crippen LogP contribution in [-0.2, 0) is 16.1 Å². The Kier molecular flexibility index (Phi) is 5.55. The van der Waals surface area contributed by atoms with Gasteiger partial charge >= 0.3 is 0 Å². The minimum atomic E-state index is -0.123. The highest BCUT2D eigenvalue weighted by Crippen LogP contribution is 2.29. The molecule has 1 aliphatic heterocycles. The van der Waals surface area contributed by atoms with Gasteiger partial charge in [-0.1, -0.05) is 11.8 Å². The molecule has 4 rings (SSSR count). The van der Waals surface area contributed by atoms with E-state index in [0.29, 0.717) is 16.8 Å². The molecule has 1 aliphatic rings. The maximum atomic E-state index is 12.2.